The third-order valence-corrected chi connectivity index (χ3v) is 3.30. The van der Waals surface area contributed by atoms with Gasteiger partial charge in [-0.3, -0.25) is 9.48 Å². The lowest BCUT2D eigenvalue weighted by molar-refractivity contribution is 0.102. The van der Waals surface area contributed by atoms with Crippen molar-refractivity contribution in [2.75, 3.05) is 5.32 Å². The van der Waals surface area contributed by atoms with Crippen molar-refractivity contribution in [1.82, 2.24) is 14.8 Å². The molecule has 0 saturated heterocycles. The first kappa shape index (κ1) is 14.8. The predicted octanol–water partition coefficient (Wildman–Crippen LogP) is 3.17. The molecule has 0 bridgehead atoms. The van der Waals surface area contributed by atoms with Gasteiger partial charge in [0, 0.05) is 30.7 Å². The minimum atomic E-state index is -0.273. The molecule has 0 aliphatic rings. The standard InChI is InChI=1S/C17H16N4O2/c1-12-10-15(20-21(12)2)17(22)19-13-8-9-18-16(11-13)23-14-6-4-3-5-7-14/h3-11H,1-2H3,(H,18,19,22). The van der Waals surface area contributed by atoms with Crippen LogP contribution in [0.2, 0.25) is 0 Å². The van der Waals surface area contributed by atoms with Gasteiger partial charge < -0.3 is 10.1 Å². The Morgan fingerprint density at radius 2 is 1.96 bits per heavy atom. The van der Waals surface area contributed by atoms with Crippen molar-refractivity contribution in [1.29, 1.82) is 0 Å². The van der Waals surface area contributed by atoms with Crippen LogP contribution in [-0.2, 0) is 7.05 Å². The zero-order chi connectivity index (χ0) is 16.2. The van der Waals surface area contributed by atoms with Crippen LogP contribution in [0.4, 0.5) is 5.69 Å². The van der Waals surface area contributed by atoms with Crippen molar-refractivity contribution < 1.29 is 9.53 Å². The lowest BCUT2D eigenvalue weighted by atomic mass is 10.3. The van der Waals surface area contributed by atoms with Gasteiger partial charge >= 0.3 is 0 Å². The number of aromatic nitrogens is 3. The average molecular weight is 308 g/mol. The largest absolute Gasteiger partial charge is 0.439 e. The minimum Gasteiger partial charge on any atom is -0.439 e. The van der Waals surface area contributed by atoms with Gasteiger partial charge in [0.25, 0.3) is 5.91 Å². The van der Waals surface area contributed by atoms with Gasteiger partial charge in [0.05, 0.1) is 0 Å². The molecule has 0 atom stereocenters. The molecule has 1 aromatic carbocycles. The lowest BCUT2D eigenvalue weighted by Crippen LogP contribution is -2.13. The highest BCUT2D eigenvalue weighted by atomic mass is 16.5. The Kier molecular flexibility index (Phi) is 4.05. The SMILES string of the molecule is Cc1cc(C(=O)Nc2ccnc(Oc3ccccc3)c2)nn1C. The number of nitrogens with zero attached hydrogens (tertiary/aromatic N) is 3. The van der Waals surface area contributed by atoms with E-state index in [0.29, 0.717) is 23.0 Å². The summed E-state index contributed by atoms with van der Waals surface area (Å²) in [6.07, 6.45) is 1.58. The number of carbonyl (C=O) groups is 1. The highest BCUT2D eigenvalue weighted by molar-refractivity contribution is 6.02. The van der Waals surface area contributed by atoms with Crippen LogP contribution in [0.25, 0.3) is 0 Å². The number of benzene rings is 1. The monoisotopic (exact) mass is 308 g/mol. The van der Waals surface area contributed by atoms with Gasteiger partial charge in [-0.2, -0.15) is 5.10 Å². The molecule has 2 aromatic heterocycles. The summed E-state index contributed by atoms with van der Waals surface area (Å²) >= 11 is 0. The number of anilines is 1. The number of hydrogen-bond acceptors (Lipinski definition) is 4. The van der Waals surface area contributed by atoms with Crippen LogP contribution in [0.15, 0.2) is 54.7 Å². The highest BCUT2D eigenvalue weighted by Crippen LogP contribution is 2.21. The summed E-state index contributed by atoms with van der Waals surface area (Å²) < 4.78 is 7.31. The fraction of sp³-hybridized carbons (Fsp3) is 0.118. The molecule has 0 aliphatic heterocycles. The van der Waals surface area contributed by atoms with Crippen molar-refractivity contribution in [3.05, 3.63) is 66.1 Å². The molecule has 6 heteroatoms. The predicted molar refractivity (Wildman–Crippen MR) is 86.7 cm³/mol. The molecule has 23 heavy (non-hydrogen) atoms. The van der Waals surface area contributed by atoms with Gasteiger partial charge in [0.1, 0.15) is 5.75 Å². The summed E-state index contributed by atoms with van der Waals surface area (Å²) in [6, 6.07) is 14.4. The Morgan fingerprint density at radius 1 is 1.17 bits per heavy atom. The second-order valence-electron chi connectivity index (χ2n) is 5.05. The van der Waals surface area contributed by atoms with Gasteiger partial charge in [0.2, 0.25) is 5.88 Å². The molecule has 3 aromatic rings. The van der Waals surface area contributed by atoms with E-state index in [1.807, 2.05) is 37.3 Å². The maximum absolute atomic E-state index is 12.2. The summed E-state index contributed by atoms with van der Waals surface area (Å²) in [7, 11) is 1.80. The van der Waals surface area contributed by atoms with Crippen molar-refractivity contribution in [2.45, 2.75) is 6.92 Å². The van der Waals surface area contributed by atoms with Gasteiger partial charge in [0.15, 0.2) is 5.69 Å². The molecular formula is C17H16N4O2. The molecule has 0 fully saturated rings. The fourth-order valence-electron chi connectivity index (χ4n) is 2.02. The molecule has 1 amide bonds. The molecule has 6 nitrogen and oxygen atoms in total. The van der Waals surface area contributed by atoms with Crippen LogP contribution in [-0.4, -0.2) is 20.7 Å². The molecule has 3 rings (SSSR count). The number of pyridine rings is 1. The number of para-hydroxylation sites is 1. The number of ether oxygens (including phenoxy) is 1. The summed E-state index contributed by atoms with van der Waals surface area (Å²) in [6.45, 7) is 1.89. The van der Waals surface area contributed by atoms with Gasteiger partial charge in [-0.25, -0.2) is 4.98 Å². The zero-order valence-electron chi connectivity index (χ0n) is 12.9. The molecule has 0 aliphatic carbocycles. The first-order chi connectivity index (χ1) is 11.1. The number of hydrogen-bond donors (Lipinski definition) is 1. The second kappa shape index (κ2) is 6.31. The number of carbonyl (C=O) groups excluding carboxylic acids is 1. The molecule has 0 spiro atoms. The molecule has 2 heterocycles. The second-order valence-corrected chi connectivity index (χ2v) is 5.05. The zero-order valence-corrected chi connectivity index (χ0v) is 12.9. The highest BCUT2D eigenvalue weighted by Gasteiger charge is 2.11. The molecule has 0 unspecified atom stereocenters. The Labute approximate surface area is 133 Å². The van der Waals surface area contributed by atoms with Gasteiger partial charge in [-0.1, -0.05) is 18.2 Å². The van der Waals surface area contributed by atoms with Crippen LogP contribution in [0, 0.1) is 6.92 Å². The molecule has 0 saturated carbocycles. The normalized spacial score (nSPS) is 10.3. The van der Waals surface area contributed by atoms with Crippen molar-refractivity contribution in [3.8, 4) is 11.6 Å². The summed E-state index contributed by atoms with van der Waals surface area (Å²) in [5.74, 6) is 0.820. The number of rotatable bonds is 4. The average Bonchev–Trinajstić information content (AvgIpc) is 2.88. The fourth-order valence-corrected chi connectivity index (χ4v) is 2.02. The summed E-state index contributed by atoms with van der Waals surface area (Å²) in [5.41, 5.74) is 1.88. The van der Waals surface area contributed by atoms with E-state index in [-0.39, 0.29) is 5.91 Å². The van der Waals surface area contributed by atoms with Crippen molar-refractivity contribution in [3.63, 3.8) is 0 Å². The molecular weight excluding hydrogens is 292 g/mol. The van der Waals surface area contributed by atoms with Gasteiger partial charge in [-0.05, 0) is 31.2 Å². The maximum atomic E-state index is 12.2. The van der Waals surface area contributed by atoms with E-state index < -0.39 is 0 Å². The van der Waals surface area contributed by atoms with Crippen LogP contribution < -0.4 is 10.1 Å². The maximum Gasteiger partial charge on any atom is 0.276 e. The Bertz CT molecular complexity index is 808. The van der Waals surface area contributed by atoms with E-state index in [9.17, 15) is 4.79 Å². The van der Waals surface area contributed by atoms with Gasteiger partial charge in [-0.15, -0.1) is 0 Å². The minimum absolute atomic E-state index is 0.273. The Balaban J connectivity index is 1.73. The summed E-state index contributed by atoms with van der Waals surface area (Å²) in [4.78, 5) is 16.3. The van der Waals surface area contributed by atoms with Crippen LogP contribution in [0.3, 0.4) is 0 Å². The van der Waals surface area contributed by atoms with E-state index in [1.54, 1.807) is 36.1 Å². The number of aryl methyl sites for hydroxylation is 2. The third kappa shape index (κ3) is 3.55. The first-order valence-corrected chi connectivity index (χ1v) is 7.13. The number of nitrogens with one attached hydrogen (secondary N) is 1. The van der Waals surface area contributed by atoms with Crippen LogP contribution in [0.5, 0.6) is 11.6 Å². The topological polar surface area (TPSA) is 69.0 Å². The van der Waals surface area contributed by atoms with Crippen molar-refractivity contribution in [2.24, 2.45) is 7.05 Å². The van der Waals surface area contributed by atoms with Crippen molar-refractivity contribution >= 4 is 11.6 Å². The van der Waals surface area contributed by atoms with E-state index in [2.05, 4.69) is 15.4 Å². The van der Waals surface area contributed by atoms with E-state index in [0.717, 1.165) is 5.69 Å². The Morgan fingerprint density at radius 3 is 2.65 bits per heavy atom. The van der Waals surface area contributed by atoms with Crippen LogP contribution >= 0.6 is 0 Å². The van der Waals surface area contributed by atoms with E-state index >= 15 is 0 Å². The lowest BCUT2D eigenvalue weighted by Gasteiger charge is -2.07. The molecule has 116 valence electrons. The Hall–Kier alpha value is -3.15. The molecule has 1 N–H and O–H groups in total. The van der Waals surface area contributed by atoms with Crippen LogP contribution in [0.1, 0.15) is 16.2 Å². The van der Waals surface area contributed by atoms with E-state index in [4.69, 9.17) is 4.74 Å². The molecule has 0 radical (unpaired) electrons. The quantitative estimate of drug-likeness (QED) is 0.803. The number of amides is 1. The summed E-state index contributed by atoms with van der Waals surface area (Å²) in [5, 5.41) is 6.94. The smallest absolute Gasteiger partial charge is 0.276 e. The van der Waals surface area contributed by atoms with E-state index in [1.165, 1.54) is 0 Å². The first-order valence-electron chi connectivity index (χ1n) is 7.13. The third-order valence-electron chi connectivity index (χ3n) is 3.30.